The minimum atomic E-state index is 1.18. The van der Waals surface area contributed by atoms with Crippen molar-refractivity contribution in [3.8, 4) is 22.3 Å². The third kappa shape index (κ3) is 2.35. The van der Waals surface area contributed by atoms with E-state index in [2.05, 4.69) is 67.4 Å². The van der Waals surface area contributed by atoms with Crippen LogP contribution in [0.3, 0.4) is 0 Å². The molecule has 20 heavy (non-hydrogen) atoms. The lowest BCUT2D eigenvalue weighted by atomic mass is 9.94. The van der Waals surface area contributed by atoms with Gasteiger partial charge in [-0.3, -0.25) is 4.98 Å². The molecule has 0 aliphatic rings. The molecule has 0 spiro atoms. The molecule has 0 unspecified atom stereocenters. The highest BCUT2D eigenvalue weighted by atomic mass is 14.6. The van der Waals surface area contributed by atoms with Gasteiger partial charge in [0.25, 0.3) is 0 Å². The van der Waals surface area contributed by atoms with E-state index in [0.29, 0.717) is 0 Å². The lowest BCUT2D eigenvalue weighted by molar-refractivity contribution is 1.31. The molecule has 0 N–H and O–H groups in total. The highest BCUT2D eigenvalue weighted by Gasteiger charge is 2.07. The van der Waals surface area contributed by atoms with Crippen LogP contribution in [-0.4, -0.2) is 4.98 Å². The molecule has 1 aromatic heterocycles. The fraction of sp³-hybridized carbons (Fsp3) is 0.105. The Morgan fingerprint density at radius 3 is 2.25 bits per heavy atom. The summed E-state index contributed by atoms with van der Waals surface area (Å²) in [5, 5.41) is 0. The summed E-state index contributed by atoms with van der Waals surface area (Å²) in [7, 11) is 0. The maximum atomic E-state index is 4.29. The van der Waals surface area contributed by atoms with Gasteiger partial charge in [0, 0.05) is 18.0 Å². The first-order valence-corrected chi connectivity index (χ1v) is 6.83. The van der Waals surface area contributed by atoms with Crippen LogP contribution in [-0.2, 0) is 0 Å². The maximum Gasteiger partial charge on any atom is 0.0352 e. The van der Waals surface area contributed by atoms with Gasteiger partial charge in [-0.2, -0.15) is 0 Å². The van der Waals surface area contributed by atoms with E-state index in [1.807, 2.05) is 18.5 Å². The van der Waals surface area contributed by atoms with Gasteiger partial charge in [-0.05, 0) is 47.7 Å². The molecule has 3 rings (SSSR count). The van der Waals surface area contributed by atoms with Gasteiger partial charge in [-0.1, -0.05) is 48.5 Å². The van der Waals surface area contributed by atoms with Crippen LogP contribution in [0.2, 0.25) is 0 Å². The number of rotatable bonds is 2. The standard InChI is InChI=1S/C19H17N/c1-14-8-9-17(12-15(14)2)18-10-11-20-13-19(18)16-6-4-3-5-7-16/h3-13H,1-2H3. The van der Waals surface area contributed by atoms with E-state index < -0.39 is 0 Å². The summed E-state index contributed by atoms with van der Waals surface area (Å²) in [6, 6.07) is 19.1. The summed E-state index contributed by atoms with van der Waals surface area (Å²) in [6.07, 6.45) is 3.80. The summed E-state index contributed by atoms with van der Waals surface area (Å²) >= 11 is 0. The SMILES string of the molecule is Cc1ccc(-c2ccncc2-c2ccccc2)cc1C. The predicted molar refractivity (Wildman–Crippen MR) is 84.6 cm³/mol. The molecule has 1 nitrogen and oxygen atoms in total. The number of aromatic nitrogens is 1. The van der Waals surface area contributed by atoms with E-state index >= 15 is 0 Å². The Kier molecular flexibility index (Phi) is 3.34. The Morgan fingerprint density at radius 1 is 0.700 bits per heavy atom. The van der Waals surface area contributed by atoms with Gasteiger partial charge in [-0.15, -0.1) is 0 Å². The first-order chi connectivity index (χ1) is 9.75. The molecule has 0 aliphatic carbocycles. The number of hydrogen-bond acceptors (Lipinski definition) is 1. The first-order valence-electron chi connectivity index (χ1n) is 6.83. The van der Waals surface area contributed by atoms with Crippen LogP contribution in [0.1, 0.15) is 11.1 Å². The molecule has 0 fully saturated rings. The molecule has 2 aromatic carbocycles. The summed E-state index contributed by atoms with van der Waals surface area (Å²) in [6.45, 7) is 4.30. The quantitative estimate of drug-likeness (QED) is 0.628. The number of nitrogens with zero attached hydrogens (tertiary/aromatic N) is 1. The Bertz CT molecular complexity index is 730. The zero-order valence-corrected chi connectivity index (χ0v) is 11.8. The lowest BCUT2D eigenvalue weighted by Gasteiger charge is -2.11. The summed E-state index contributed by atoms with van der Waals surface area (Å²) < 4.78 is 0. The monoisotopic (exact) mass is 259 g/mol. The fourth-order valence-corrected chi connectivity index (χ4v) is 2.40. The largest absolute Gasteiger partial charge is 0.264 e. The van der Waals surface area contributed by atoms with E-state index in [1.165, 1.54) is 33.4 Å². The van der Waals surface area contributed by atoms with Gasteiger partial charge < -0.3 is 0 Å². The van der Waals surface area contributed by atoms with Gasteiger partial charge >= 0.3 is 0 Å². The van der Waals surface area contributed by atoms with Crippen molar-refractivity contribution in [2.75, 3.05) is 0 Å². The number of hydrogen-bond donors (Lipinski definition) is 0. The second-order valence-electron chi connectivity index (χ2n) is 5.09. The van der Waals surface area contributed by atoms with Gasteiger partial charge in [0.2, 0.25) is 0 Å². The highest BCUT2D eigenvalue weighted by Crippen LogP contribution is 2.31. The van der Waals surface area contributed by atoms with Crippen LogP contribution in [0.25, 0.3) is 22.3 Å². The molecule has 0 saturated heterocycles. The second kappa shape index (κ2) is 5.30. The first kappa shape index (κ1) is 12.6. The van der Waals surface area contributed by atoms with Crippen LogP contribution in [0, 0.1) is 13.8 Å². The predicted octanol–water partition coefficient (Wildman–Crippen LogP) is 5.03. The molecule has 1 heterocycles. The van der Waals surface area contributed by atoms with Crippen molar-refractivity contribution >= 4 is 0 Å². The van der Waals surface area contributed by atoms with E-state index in [0.717, 1.165) is 0 Å². The molecule has 3 aromatic rings. The molecule has 0 bridgehead atoms. The van der Waals surface area contributed by atoms with Gasteiger partial charge in [0.05, 0.1) is 0 Å². The average molecular weight is 259 g/mol. The number of aryl methyl sites for hydroxylation is 2. The van der Waals surface area contributed by atoms with Gasteiger partial charge in [0.1, 0.15) is 0 Å². The Balaban J connectivity index is 2.17. The van der Waals surface area contributed by atoms with Crippen LogP contribution in [0.15, 0.2) is 67.0 Å². The van der Waals surface area contributed by atoms with Crippen LogP contribution in [0.5, 0.6) is 0 Å². The maximum absolute atomic E-state index is 4.29. The molecular formula is C19H17N. The summed E-state index contributed by atoms with van der Waals surface area (Å²) in [5.74, 6) is 0. The minimum Gasteiger partial charge on any atom is -0.264 e. The molecule has 0 radical (unpaired) electrons. The molecule has 0 amide bonds. The Hall–Kier alpha value is -2.41. The molecule has 0 aliphatic heterocycles. The van der Waals surface area contributed by atoms with Crippen molar-refractivity contribution < 1.29 is 0 Å². The molecular weight excluding hydrogens is 242 g/mol. The van der Waals surface area contributed by atoms with E-state index in [9.17, 15) is 0 Å². The smallest absolute Gasteiger partial charge is 0.0352 e. The van der Waals surface area contributed by atoms with Crippen LogP contribution in [0.4, 0.5) is 0 Å². The average Bonchev–Trinajstić information content (AvgIpc) is 2.51. The van der Waals surface area contributed by atoms with Gasteiger partial charge in [0.15, 0.2) is 0 Å². The third-order valence-corrected chi connectivity index (χ3v) is 3.72. The minimum absolute atomic E-state index is 1.18. The zero-order valence-electron chi connectivity index (χ0n) is 11.8. The van der Waals surface area contributed by atoms with Crippen molar-refractivity contribution in [1.82, 2.24) is 4.98 Å². The molecule has 98 valence electrons. The second-order valence-corrected chi connectivity index (χ2v) is 5.09. The Morgan fingerprint density at radius 2 is 1.50 bits per heavy atom. The van der Waals surface area contributed by atoms with Crippen LogP contribution >= 0.6 is 0 Å². The number of benzene rings is 2. The zero-order chi connectivity index (χ0) is 13.9. The van der Waals surface area contributed by atoms with E-state index in [1.54, 1.807) is 0 Å². The normalized spacial score (nSPS) is 10.5. The van der Waals surface area contributed by atoms with Crippen molar-refractivity contribution in [2.24, 2.45) is 0 Å². The Labute approximate surface area is 119 Å². The third-order valence-electron chi connectivity index (χ3n) is 3.72. The molecule has 0 atom stereocenters. The van der Waals surface area contributed by atoms with E-state index in [-0.39, 0.29) is 0 Å². The highest BCUT2D eigenvalue weighted by molar-refractivity contribution is 5.82. The van der Waals surface area contributed by atoms with Gasteiger partial charge in [-0.25, -0.2) is 0 Å². The van der Waals surface area contributed by atoms with Crippen molar-refractivity contribution in [2.45, 2.75) is 13.8 Å². The lowest BCUT2D eigenvalue weighted by Crippen LogP contribution is -1.88. The number of pyridine rings is 1. The fourth-order valence-electron chi connectivity index (χ4n) is 2.40. The van der Waals surface area contributed by atoms with Crippen molar-refractivity contribution in [3.05, 3.63) is 78.1 Å². The molecule has 1 heteroatoms. The summed E-state index contributed by atoms with van der Waals surface area (Å²) in [4.78, 5) is 4.29. The van der Waals surface area contributed by atoms with Crippen LogP contribution < -0.4 is 0 Å². The topological polar surface area (TPSA) is 12.9 Å². The van der Waals surface area contributed by atoms with Crippen molar-refractivity contribution in [3.63, 3.8) is 0 Å². The van der Waals surface area contributed by atoms with Crippen molar-refractivity contribution in [1.29, 1.82) is 0 Å². The van der Waals surface area contributed by atoms with E-state index in [4.69, 9.17) is 0 Å². The molecule has 0 saturated carbocycles. The summed E-state index contributed by atoms with van der Waals surface area (Å²) in [5.41, 5.74) is 7.50.